The van der Waals surface area contributed by atoms with E-state index < -0.39 is 46.7 Å². The van der Waals surface area contributed by atoms with Crippen molar-refractivity contribution in [2.24, 2.45) is 9.98 Å². The van der Waals surface area contributed by atoms with Crippen LogP contribution in [-0.4, -0.2) is 115 Å². The second-order valence-corrected chi connectivity index (χ2v) is 4.21. The largest absolute Gasteiger partial charge is 0.381 e. The molecular formula is C10H20N6O7. The van der Waals surface area contributed by atoms with E-state index in [9.17, 15) is 35.4 Å². The molecule has 23 heavy (non-hydrogen) atoms. The van der Waals surface area contributed by atoms with E-state index in [0.717, 1.165) is 19.6 Å². The monoisotopic (exact) mass is 336 g/mol. The van der Waals surface area contributed by atoms with Crippen molar-refractivity contribution in [3.05, 3.63) is 0 Å². The number of aliphatic imine (C=N–C) groups is 2. The topological polar surface area (TPSA) is 176 Å². The van der Waals surface area contributed by atoms with Crippen molar-refractivity contribution in [3.63, 3.8) is 0 Å². The molecule has 1 rings (SSSR count). The van der Waals surface area contributed by atoms with Crippen LogP contribution in [0.25, 0.3) is 0 Å². The van der Waals surface area contributed by atoms with Crippen molar-refractivity contribution >= 4 is 18.3 Å². The number of hydrogen-bond acceptors (Lipinski definition) is 12. The summed E-state index contributed by atoms with van der Waals surface area (Å²) in [4.78, 5) is 22.6. The molecule has 0 spiro atoms. The van der Waals surface area contributed by atoms with Gasteiger partial charge < -0.3 is 30.6 Å². The molecule has 0 bridgehead atoms. The first-order valence-corrected chi connectivity index (χ1v) is 6.40. The maximum Gasteiger partial charge on any atom is 0.230 e. The van der Waals surface area contributed by atoms with Crippen molar-refractivity contribution in [1.29, 1.82) is 0 Å². The fraction of sp³-hybridized carbons (Fsp3) is 0.700. The maximum atomic E-state index is 11.0. The molecule has 1 aliphatic heterocycles. The van der Waals surface area contributed by atoms with Crippen LogP contribution in [0.1, 0.15) is 0 Å². The van der Waals surface area contributed by atoms with Gasteiger partial charge in [0.25, 0.3) is 0 Å². The lowest BCUT2D eigenvalue weighted by atomic mass is 10.5. The number of aliphatic hydroxyl groups is 6. The highest BCUT2D eigenvalue weighted by Crippen LogP contribution is 2.16. The van der Waals surface area contributed by atoms with Crippen molar-refractivity contribution in [2.75, 3.05) is 40.4 Å². The number of nitrogens with zero attached hydrogens (tertiary/aromatic N) is 6. The van der Waals surface area contributed by atoms with Gasteiger partial charge in [0.1, 0.15) is 40.4 Å². The summed E-state index contributed by atoms with van der Waals surface area (Å²) in [7, 11) is 0. The minimum absolute atomic E-state index is 0.230. The molecule has 132 valence electrons. The van der Waals surface area contributed by atoms with Crippen LogP contribution in [0.15, 0.2) is 9.98 Å². The molecule has 0 aromatic rings. The van der Waals surface area contributed by atoms with E-state index in [2.05, 4.69) is 9.98 Å². The molecule has 0 fully saturated rings. The first kappa shape index (κ1) is 19.2. The van der Waals surface area contributed by atoms with Crippen LogP contribution in [0.2, 0.25) is 0 Å². The Morgan fingerprint density at radius 3 is 2.00 bits per heavy atom. The molecule has 0 aromatic heterocycles. The van der Waals surface area contributed by atoms with Crippen LogP contribution in [0.3, 0.4) is 0 Å². The van der Waals surface area contributed by atoms with Crippen LogP contribution in [0.4, 0.5) is 0 Å². The van der Waals surface area contributed by atoms with E-state index in [1.165, 1.54) is 0 Å². The second kappa shape index (κ2) is 9.31. The Morgan fingerprint density at radius 1 is 1.00 bits per heavy atom. The van der Waals surface area contributed by atoms with Gasteiger partial charge in [0.05, 0.1) is 0 Å². The molecule has 1 atom stereocenters. The zero-order valence-electron chi connectivity index (χ0n) is 12.2. The summed E-state index contributed by atoms with van der Waals surface area (Å²) < 4.78 is 0. The van der Waals surface area contributed by atoms with Crippen LogP contribution < -0.4 is 0 Å². The number of rotatable bonds is 8. The molecule has 13 nitrogen and oxygen atoms in total. The Hall–Kier alpha value is -1.87. The number of amides is 1. The number of carbonyl (C=O) groups is 1. The normalized spacial score (nSPS) is 17.9. The van der Waals surface area contributed by atoms with Gasteiger partial charge in [-0.15, -0.1) is 0 Å². The second-order valence-electron chi connectivity index (χ2n) is 4.21. The third-order valence-electron chi connectivity index (χ3n) is 2.97. The minimum Gasteiger partial charge on any atom is -0.381 e. The Kier molecular flexibility index (Phi) is 7.76. The summed E-state index contributed by atoms with van der Waals surface area (Å²) in [5, 5.41) is 55.6. The van der Waals surface area contributed by atoms with Gasteiger partial charge in [0.2, 0.25) is 18.3 Å². The lowest BCUT2D eigenvalue weighted by Gasteiger charge is -2.40. The predicted octanol–water partition coefficient (Wildman–Crippen LogP) is -4.94. The van der Waals surface area contributed by atoms with E-state index in [-0.39, 0.29) is 18.3 Å². The van der Waals surface area contributed by atoms with Gasteiger partial charge in [-0.25, -0.2) is 9.89 Å². The zero-order valence-corrected chi connectivity index (χ0v) is 12.2. The average molecular weight is 336 g/mol. The molecular weight excluding hydrogens is 316 g/mol. The lowest BCUT2D eigenvalue weighted by Crippen LogP contribution is -2.58. The molecule has 1 heterocycles. The summed E-state index contributed by atoms with van der Waals surface area (Å²) in [6, 6.07) is 0. The van der Waals surface area contributed by atoms with Gasteiger partial charge in [0, 0.05) is 0 Å². The van der Waals surface area contributed by atoms with Gasteiger partial charge in [-0.1, -0.05) is 0 Å². The lowest BCUT2D eigenvalue weighted by molar-refractivity contribution is -0.118. The fourth-order valence-corrected chi connectivity index (χ4v) is 1.76. The third-order valence-corrected chi connectivity index (χ3v) is 2.97. The SMILES string of the molecule is O=CN(CO)C1=NC(N(CO)CO)=NC(N(CO)CO)N1CO. The Balaban J connectivity index is 3.34. The quantitative estimate of drug-likeness (QED) is 0.186. The molecule has 6 N–H and O–H groups in total. The van der Waals surface area contributed by atoms with E-state index >= 15 is 0 Å². The molecule has 1 unspecified atom stereocenters. The Bertz CT molecular complexity index is 439. The molecule has 0 radical (unpaired) electrons. The smallest absolute Gasteiger partial charge is 0.230 e. The first-order valence-electron chi connectivity index (χ1n) is 6.40. The van der Waals surface area contributed by atoms with Crippen LogP contribution >= 0.6 is 0 Å². The van der Waals surface area contributed by atoms with E-state index in [1.54, 1.807) is 0 Å². The van der Waals surface area contributed by atoms with E-state index in [4.69, 9.17) is 0 Å². The Labute approximate surface area is 131 Å². The summed E-state index contributed by atoms with van der Waals surface area (Å²) in [5.41, 5.74) is 0. The molecule has 1 aliphatic rings. The van der Waals surface area contributed by atoms with Gasteiger partial charge >= 0.3 is 0 Å². The summed E-state index contributed by atoms with van der Waals surface area (Å²) in [6.07, 6.45) is -0.960. The van der Waals surface area contributed by atoms with E-state index in [1.807, 2.05) is 0 Å². The summed E-state index contributed by atoms with van der Waals surface area (Å²) in [5.74, 6) is -0.481. The predicted molar refractivity (Wildman–Crippen MR) is 74.6 cm³/mol. The van der Waals surface area contributed by atoms with Crippen molar-refractivity contribution in [2.45, 2.75) is 6.29 Å². The van der Waals surface area contributed by atoms with Crippen molar-refractivity contribution in [1.82, 2.24) is 19.6 Å². The van der Waals surface area contributed by atoms with Crippen molar-refractivity contribution in [3.8, 4) is 0 Å². The summed E-state index contributed by atoms with van der Waals surface area (Å²) >= 11 is 0. The van der Waals surface area contributed by atoms with Gasteiger partial charge in [-0.05, 0) is 0 Å². The fourth-order valence-electron chi connectivity index (χ4n) is 1.76. The summed E-state index contributed by atoms with van der Waals surface area (Å²) in [6.45, 7) is -4.10. The molecule has 0 aromatic carbocycles. The maximum absolute atomic E-state index is 11.0. The zero-order chi connectivity index (χ0) is 17.4. The van der Waals surface area contributed by atoms with Crippen molar-refractivity contribution < 1.29 is 35.4 Å². The standard InChI is InChI=1S/C10H20N6O7/c17-1-13(2-18)8-11-9(14(3-19)4-20)16(7-23)10(12-8)15(5-21)6-22/h3,10,17-18,20-23H,1-2,4-7H2. The van der Waals surface area contributed by atoms with Crippen LogP contribution in [-0.2, 0) is 4.79 Å². The average Bonchev–Trinajstić information content (AvgIpc) is 2.58. The van der Waals surface area contributed by atoms with Gasteiger partial charge in [0.15, 0.2) is 6.29 Å². The number of carbonyl (C=O) groups excluding carboxylic acids is 1. The minimum atomic E-state index is -1.20. The van der Waals surface area contributed by atoms with Crippen LogP contribution in [0.5, 0.6) is 0 Å². The van der Waals surface area contributed by atoms with E-state index in [0.29, 0.717) is 0 Å². The molecule has 0 saturated carbocycles. The number of guanidine groups is 2. The Morgan fingerprint density at radius 2 is 1.61 bits per heavy atom. The first-order chi connectivity index (χ1) is 11.1. The van der Waals surface area contributed by atoms with Gasteiger partial charge in [-0.2, -0.15) is 4.99 Å². The molecule has 1 amide bonds. The highest BCUT2D eigenvalue weighted by Gasteiger charge is 2.34. The molecule has 0 aliphatic carbocycles. The van der Waals surface area contributed by atoms with Crippen LogP contribution in [0, 0.1) is 0 Å². The number of hydrogen-bond donors (Lipinski definition) is 6. The highest BCUT2D eigenvalue weighted by atomic mass is 16.3. The molecule has 13 heteroatoms. The number of aliphatic hydroxyl groups excluding tert-OH is 6. The molecule has 0 saturated heterocycles. The highest BCUT2D eigenvalue weighted by molar-refractivity contribution is 6.00. The third kappa shape index (κ3) is 4.11. The van der Waals surface area contributed by atoms with Gasteiger partial charge in [-0.3, -0.25) is 19.5 Å².